The zero-order valence-electron chi connectivity index (χ0n) is 10.3. The normalized spacial score (nSPS) is 16.2. The standard InChI is InChI=1S/C14H6BrCl2NO2S/c15-12-4-2-8(21-12)6-11-14(19)20-13(18-11)7-1-3-9(16)10(17)5-7/h1-6H/b11-6-. The Balaban J connectivity index is 1.95. The molecule has 0 radical (unpaired) electrons. The number of carbonyl (C=O) groups excluding carboxylic acids is 1. The first-order valence-corrected chi connectivity index (χ1v) is 8.13. The predicted molar refractivity (Wildman–Crippen MR) is 89.1 cm³/mol. The number of hydrogen-bond acceptors (Lipinski definition) is 4. The molecule has 7 heteroatoms. The van der Waals surface area contributed by atoms with Gasteiger partial charge in [0, 0.05) is 10.4 Å². The number of hydrogen-bond donors (Lipinski definition) is 0. The summed E-state index contributed by atoms with van der Waals surface area (Å²) in [6, 6.07) is 8.74. The number of esters is 1. The van der Waals surface area contributed by atoms with Crippen LogP contribution in [0, 0.1) is 0 Å². The Morgan fingerprint density at radius 2 is 2.00 bits per heavy atom. The van der Waals surface area contributed by atoms with Gasteiger partial charge < -0.3 is 4.74 Å². The molecule has 1 aromatic heterocycles. The fourth-order valence-electron chi connectivity index (χ4n) is 1.70. The summed E-state index contributed by atoms with van der Waals surface area (Å²) in [5.41, 5.74) is 0.860. The van der Waals surface area contributed by atoms with Crippen molar-refractivity contribution in [3.8, 4) is 0 Å². The lowest BCUT2D eigenvalue weighted by molar-refractivity contribution is -0.129. The maximum atomic E-state index is 11.8. The lowest BCUT2D eigenvalue weighted by atomic mass is 10.2. The van der Waals surface area contributed by atoms with Gasteiger partial charge in [-0.1, -0.05) is 23.2 Å². The molecule has 106 valence electrons. The molecule has 0 unspecified atom stereocenters. The molecule has 0 spiro atoms. The highest BCUT2D eigenvalue weighted by molar-refractivity contribution is 9.11. The number of aliphatic imine (C=N–C) groups is 1. The molecule has 0 fully saturated rings. The molecule has 0 amide bonds. The lowest BCUT2D eigenvalue weighted by Crippen LogP contribution is -2.05. The number of cyclic esters (lactones) is 1. The van der Waals surface area contributed by atoms with Crippen molar-refractivity contribution in [2.45, 2.75) is 0 Å². The minimum Gasteiger partial charge on any atom is -0.402 e. The molecule has 0 atom stereocenters. The van der Waals surface area contributed by atoms with Gasteiger partial charge in [-0.15, -0.1) is 11.3 Å². The monoisotopic (exact) mass is 401 g/mol. The average molecular weight is 403 g/mol. The number of ether oxygens (including phenoxy) is 1. The second-order valence-electron chi connectivity index (χ2n) is 4.11. The number of carbonyl (C=O) groups is 1. The van der Waals surface area contributed by atoms with Crippen molar-refractivity contribution in [3.63, 3.8) is 0 Å². The molecule has 3 rings (SSSR count). The van der Waals surface area contributed by atoms with Gasteiger partial charge >= 0.3 is 5.97 Å². The number of benzene rings is 1. The first-order chi connectivity index (χ1) is 10.0. The predicted octanol–water partition coefficient (Wildman–Crippen LogP) is 5.16. The molecule has 0 saturated carbocycles. The van der Waals surface area contributed by atoms with Gasteiger partial charge in [-0.2, -0.15) is 0 Å². The van der Waals surface area contributed by atoms with E-state index in [-0.39, 0.29) is 11.6 Å². The molecule has 2 aromatic rings. The van der Waals surface area contributed by atoms with Crippen molar-refractivity contribution in [3.05, 3.63) is 60.3 Å². The Hall–Kier alpha value is -1.14. The van der Waals surface area contributed by atoms with Gasteiger partial charge in [0.05, 0.1) is 13.8 Å². The zero-order valence-corrected chi connectivity index (χ0v) is 14.2. The van der Waals surface area contributed by atoms with E-state index in [9.17, 15) is 4.79 Å². The molecule has 0 aliphatic carbocycles. The molecule has 2 heterocycles. The Kier molecular flexibility index (Phi) is 4.17. The van der Waals surface area contributed by atoms with Crippen LogP contribution in [0.4, 0.5) is 0 Å². The lowest BCUT2D eigenvalue weighted by Gasteiger charge is -2.01. The van der Waals surface area contributed by atoms with Crippen molar-refractivity contribution in [2.75, 3.05) is 0 Å². The molecule has 3 nitrogen and oxygen atoms in total. The summed E-state index contributed by atoms with van der Waals surface area (Å²) in [5.74, 6) is -0.263. The minimum atomic E-state index is -0.486. The molecule has 1 aliphatic heterocycles. The van der Waals surface area contributed by atoms with Crippen molar-refractivity contribution in [2.24, 2.45) is 4.99 Å². The Morgan fingerprint density at radius 3 is 2.67 bits per heavy atom. The summed E-state index contributed by atoms with van der Waals surface area (Å²) in [6.45, 7) is 0. The summed E-state index contributed by atoms with van der Waals surface area (Å²) < 4.78 is 6.15. The third-order valence-corrected chi connectivity index (χ3v) is 4.97. The summed E-state index contributed by atoms with van der Waals surface area (Å²) in [5, 5.41) is 0.817. The quantitative estimate of drug-likeness (QED) is 0.513. The van der Waals surface area contributed by atoms with Gasteiger partial charge in [-0.25, -0.2) is 9.79 Å². The molecule has 1 aromatic carbocycles. The molecule has 0 saturated heterocycles. The van der Waals surface area contributed by atoms with Crippen molar-refractivity contribution in [1.29, 1.82) is 0 Å². The Bertz CT molecular complexity index is 798. The van der Waals surface area contributed by atoms with Crippen LogP contribution >= 0.6 is 50.5 Å². The third-order valence-electron chi connectivity index (χ3n) is 2.66. The van der Waals surface area contributed by atoms with Crippen LogP contribution < -0.4 is 0 Å². The van der Waals surface area contributed by atoms with Gasteiger partial charge in [0.15, 0.2) is 5.70 Å². The summed E-state index contributed by atoms with van der Waals surface area (Å²) in [7, 11) is 0. The fourth-order valence-corrected chi connectivity index (χ4v) is 3.36. The molecule has 0 bridgehead atoms. The average Bonchev–Trinajstić information content (AvgIpc) is 3.00. The summed E-state index contributed by atoms with van der Waals surface area (Å²) in [6.07, 6.45) is 1.68. The number of halogens is 3. The highest BCUT2D eigenvalue weighted by atomic mass is 79.9. The van der Waals surface area contributed by atoms with E-state index >= 15 is 0 Å². The summed E-state index contributed by atoms with van der Waals surface area (Å²) >= 11 is 16.7. The van der Waals surface area contributed by atoms with E-state index in [2.05, 4.69) is 20.9 Å². The van der Waals surface area contributed by atoms with Gasteiger partial charge in [0.2, 0.25) is 5.90 Å². The maximum absolute atomic E-state index is 11.8. The first kappa shape index (κ1) is 14.8. The Labute approximate surface area is 143 Å². The van der Waals surface area contributed by atoms with E-state index in [1.165, 1.54) is 11.3 Å². The second-order valence-corrected chi connectivity index (χ2v) is 7.42. The number of rotatable bonds is 2. The van der Waals surface area contributed by atoms with E-state index in [0.29, 0.717) is 15.6 Å². The molecule has 1 aliphatic rings. The minimum absolute atomic E-state index is 0.223. The van der Waals surface area contributed by atoms with Crippen LogP contribution in [0.3, 0.4) is 0 Å². The highest BCUT2D eigenvalue weighted by Gasteiger charge is 2.24. The molecular formula is C14H6BrCl2NO2S. The van der Waals surface area contributed by atoms with Crippen LogP contribution in [0.25, 0.3) is 6.08 Å². The highest BCUT2D eigenvalue weighted by Crippen LogP contribution is 2.28. The van der Waals surface area contributed by atoms with E-state index in [0.717, 1.165) is 8.66 Å². The fraction of sp³-hybridized carbons (Fsp3) is 0. The van der Waals surface area contributed by atoms with Crippen molar-refractivity contribution >= 4 is 68.4 Å². The van der Waals surface area contributed by atoms with Crippen LogP contribution in [0.5, 0.6) is 0 Å². The van der Waals surface area contributed by atoms with Crippen molar-refractivity contribution < 1.29 is 9.53 Å². The second kappa shape index (κ2) is 5.93. The smallest absolute Gasteiger partial charge is 0.363 e. The number of thiophene rings is 1. The largest absolute Gasteiger partial charge is 0.402 e. The molecule has 21 heavy (non-hydrogen) atoms. The first-order valence-electron chi connectivity index (χ1n) is 5.76. The molecular weight excluding hydrogens is 397 g/mol. The van der Waals surface area contributed by atoms with Crippen LogP contribution in [0.1, 0.15) is 10.4 Å². The SMILES string of the molecule is O=C1OC(c2ccc(Cl)c(Cl)c2)=N/C1=C\c1ccc(Br)s1. The maximum Gasteiger partial charge on any atom is 0.363 e. The molecule has 0 N–H and O–H groups in total. The van der Waals surface area contributed by atoms with E-state index in [4.69, 9.17) is 27.9 Å². The van der Waals surface area contributed by atoms with Crippen LogP contribution in [0.15, 0.2) is 44.8 Å². The van der Waals surface area contributed by atoms with Gasteiger partial charge in [-0.3, -0.25) is 0 Å². The van der Waals surface area contributed by atoms with Gasteiger partial charge in [0.25, 0.3) is 0 Å². The van der Waals surface area contributed by atoms with Gasteiger partial charge in [0.1, 0.15) is 0 Å². The van der Waals surface area contributed by atoms with Crippen molar-refractivity contribution in [1.82, 2.24) is 0 Å². The van der Waals surface area contributed by atoms with Crippen LogP contribution in [0.2, 0.25) is 10.0 Å². The zero-order chi connectivity index (χ0) is 15.0. The van der Waals surface area contributed by atoms with E-state index < -0.39 is 5.97 Å². The Morgan fingerprint density at radius 1 is 1.19 bits per heavy atom. The third kappa shape index (κ3) is 3.21. The topological polar surface area (TPSA) is 38.7 Å². The van der Waals surface area contributed by atoms with Crippen LogP contribution in [-0.4, -0.2) is 11.9 Å². The van der Waals surface area contributed by atoms with Gasteiger partial charge in [-0.05, 0) is 52.3 Å². The summed E-state index contributed by atoms with van der Waals surface area (Å²) in [4.78, 5) is 17.0. The van der Waals surface area contributed by atoms with Crippen LogP contribution in [-0.2, 0) is 9.53 Å². The van der Waals surface area contributed by atoms with E-state index in [1.807, 2.05) is 12.1 Å². The van der Waals surface area contributed by atoms with E-state index in [1.54, 1.807) is 24.3 Å². The number of nitrogens with zero attached hydrogens (tertiary/aromatic N) is 1.